The second-order valence-corrected chi connectivity index (χ2v) is 6.69. The van der Waals surface area contributed by atoms with Crippen LogP contribution in [0.5, 0.6) is 0 Å². The fourth-order valence-corrected chi connectivity index (χ4v) is 3.45. The average Bonchev–Trinajstić information content (AvgIpc) is 2.37. The van der Waals surface area contributed by atoms with Gasteiger partial charge in [0.25, 0.3) is 0 Å². The van der Waals surface area contributed by atoms with Gasteiger partial charge in [0.05, 0.1) is 12.1 Å². The molecule has 0 aromatic carbocycles. The molecule has 0 bridgehead atoms. The van der Waals surface area contributed by atoms with Gasteiger partial charge in [0.15, 0.2) is 0 Å². The Morgan fingerprint density at radius 2 is 1.56 bits per heavy atom. The summed E-state index contributed by atoms with van der Waals surface area (Å²) in [5, 5.41) is 9.46. The van der Waals surface area contributed by atoms with Gasteiger partial charge in [-0.1, -0.05) is 0 Å². The van der Waals surface area contributed by atoms with Crippen molar-refractivity contribution in [1.29, 1.82) is 0 Å². The van der Waals surface area contributed by atoms with Crippen LogP contribution in [-0.4, -0.2) is 42.5 Å². The predicted molar refractivity (Wildman–Crippen MR) is 76.5 cm³/mol. The Labute approximate surface area is 116 Å². The second kappa shape index (κ2) is 6.85. The summed E-state index contributed by atoms with van der Waals surface area (Å²) >= 11 is 6.18. The summed E-state index contributed by atoms with van der Waals surface area (Å²) in [4.78, 5) is 2.34. The highest BCUT2D eigenvalue weighted by Crippen LogP contribution is 2.27. The van der Waals surface area contributed by atoms with Gasteiger partial charge >= 0.3 is 0 Å². The van der Waals surface area contributed by atoms with Crippen molar-refractivity contribution >= 4 is 11.6 Å². The van der Waals surface area contributed by atoms with E-state index in [1.165, 1.54) is 38.5 Å². The molecular weight excluding hydrogens is 246 g/mol. The van der Waals surface area contributed by atoms with Crippen LogP contribution in [0.2, 0.25) is 0 Å². The maximum absolute atomic E-state index is 6.18. The molecule has 0 aromatic heterocycles. The van der Waals surface area contributed by atoms with E-state index in [4.69, 9.17) is 11.6 Å². The minimum atomic E-state index is 0.326. The highest BCUT2D eigenvalue weighted by Gasteiger charge is 2.23. The molecule has 2 aliphatic carbocycles. The van der Waals surface area contributed by atoms with Crippen LogP contribution in [0.15, 0.2) is 10.2 Å². The molecule has 0 amide bonds. The maximum atomic E-state index is 6.18. The van der Waals surface area contributed by atoms with Gasteiger partial charge in [0.2, 0.25) is 0 Å². The summed E-state index contributed by atoms with van der Waals surface area (Å²) in [6, 6.07) is 1.61. The van der Waals surface area contributed by atoms with Crippen LogP contribution in [0.1, 0.15) is 51.4 Å². The van der Waals surface area contributed by atoms with E-state index in [-0.39, 0.29) is 0 Å². The third kappa shape index (κ3) is 4.20. The van der Waals surface area contributed by atoms with Crippen LogP contribution in [0.25, 0.3) is 0 Å². The quantitative estimate of drug-likeness (QED) is 0.566. The Hall–Kier alpha value is -0.150. The third-order valence-electron chi connectivity index (χ3n) is 4.37. The van der Waals surface area contributed by atoms with Gasteiger partial charge < -0.3 is 4.90 Å². The van der Waals surface area contributed by atoms with Gasteiger partial charge in [0.1, 0.15) is 0 Å². The normalized spacial score (nSPS) is 38.4. The fraction of sp³-hybridized carbons (Fsp3) is 1.00. The SMILES string of the molecule is CN(C)C1CCC(N=NC2CCCC(Cl)C2)CC1. The molecule has 0 aliphatic heterocycles. The van der Waals surface area contributed by atoms with Crippen molar-refractivity contribution in [2.24, 2.45) is 10.2 Å². The first-order valence-electron chi connectivity index (χ1n) is 7.35. The number of hydrogen-bond acceptors (Lipinski definition) is 3. The van der Waals surface area contributed by atoms with Crippen LogP contribution in [0.4, 0.5) is 0 Å². The number of halogens is 1. The first-order chi connectivity index (χ1) is 8.65. The molecule has 2 unspecified atom stereocenters. The predicted octanol–water partition coefficient (Wildman–Crippen LogP) is 3.86. The minimum absolute atomic E-state index is 0.326. The highest BCUT2D eigenvalue weighted by molar-refractivity contribution is 6.20. The standard InChI is InChI=1S/C14H26ClN3/c1-18(2)14-8-6-12(7-9-14)16-17-13-5-3-4-11(15)10-13/h11-14H,3-10H2,1-2H3. The summed E-state index contributed by atoms with van der Waals surface area (Å²) in [5.41, 5.74) is 0. The Balaban J connectivity index is 1.73. The second-order valence-electron chi connectivity index (χ2n) is 6.07. The summed E-state index contributed by atoms with van der Waals surface area (Å²) in [6.45, 7) is 0. The number of rotatable bonds is 3. The van der Waals surface area contributed by atoms with E-state index in [1.54, 1.807) is 0 Å². The first kappa shape index (κ1) is 14.3. The molecule has 0 radical (unpaired) electrons. The van der Waals surface area contributed by atoms with Crippen molar-refractivity contribution in [3.8, 4) is 0 Å². The Kier molecular flexibility index (Phi) is 5.43. The minimum Gasteiger partial charge on any atom is -0.306 e. The van der Waals surface area contributed by atoms with Crippen LogP contribution in [0.3, 0.4) is 0 Å². The van der Waals surface area contributed by atoms with Crippen LogP contribution >= 0.6 is 11.6 Å². The zero-order valence-electron chi connectivity index (χ0n) is 11.7. The Bertz CT molecular complexity index is 272. The molecule has 2 atom stereocenters. The van der Waals surface area contributed by atoms with Gasteiger partial charge in [-0.15, -0.1) is 11.6 Å². The van der Waals surface area contributed by atoms with Gasteiger partial charge in [-0.25, -0.2) is 0 Å². The molecule has 2 fully saturated rings. The molecule has 2 aliphatic rings. The van der Waals surface area contributed by atoms with Crippen molar-refractivity contribution in [2.75, 3.05) is 14.1 Å². The summed E-state index contributed by atoms with van der Waals surface area (Å²) in [6.07, 6.45) is 9.50. The fourth-order valence-electron chi connectivity index (χ4n) is 3.09. The molecule has 2 saturated carbocycles. The molecule has 104 valence electrons. The number of alkyl halides is 1. The Morgan fingerprint density at radius 1 is 0.889 bits per heavy atom. The van der Waals surface area contributed by atoms with E-state index in [1.807, 2.05) is 0 Å². The van der Waals surface area contributed by atoms with E-state index >= 15 is 0 Å². The zero-order chi connectivity index (χ0) is 13.0. The Morgan fingerprint density at radius 3 is 2.17 bits per heavy atom. The third-order valence-corrected chi connectivity index (χ3v) is 4.77. The number of azo groups is 1. The largest absolute Gasteiger partial charge is 0.306 e. The molecule has 0 aromatic rings. The lowest BCUT2D eigenvalue weighted by atomic mass is 9.91. The maximum Gasteiger partial charge on any atom is 0.0722 e. The van der Waals surface area contributed by atoms with Crippen molar-refractivity contribution < 1.29 is 0 Å². The molecule has 0 saturated heterocycles. The smallest absolute Gasteiger partial charge is 0.0722 e. The topological polar surface area (TPSA) is 28.0 Å². The van der Waals surface area contributed by atoms with Crippen LogP contribution < -0.4 is 0 Å². The van der Waals surface area contributed by atoms with E-state index in [0.717, 1.165) is 18.9 Å². The first-order valence-corrected chi connectivity index (χ1v) is 7.79. The van der Waals surface area contributed by atoms with Gasteiger partial charge in [-0.05, 0) is 65.5 Å². The summed E-state index contributed by atoms with van der Waals surface area (Å²) in [5.74, 6) is 0. The number of hydrogen-bond donors (Lipinski definition) is 0. The lowest BCUT2D eigenvalue weighted by Crippen LogP contribution is -2.33. The zero-order valence-corrected chi connectivity index (χ0v) is 12.4. The molecule has 0 spiro atoms. The summed E-state index contributed by atoms with van der Waals surface area (Å²) in [7, 11) is 4.35. The molecule has 2 rings (SSSR count). The van der Waals surface area contributed by atoms with Gasteiger partial charge in [-0.3, -0.25) is 0 Å². The van der Waals surface area contributed by atoms with Crippen molar-refractivity contribution in [1.82, 2.24) is 4.90 Å². The molecule has 18 heavy (non-hydrogen) atoms. The van der Waals surface area contributed by atoms with Crippen molar-refractivity contribution in [2.45, 2.75) is 74.9 Å². The highest BCUT2D eigenvalue weighted by atomic mass is 35.5. The lowest BCUT2D eigenvalue weighted by Gasteiger charge is -2.30. The van der Waals surface area contributed by atoms with E-state index in [2.05, 4.69) is 29.2 Å². The molecule has 0 N–H and O–H groups in total. The molecule has 3 nitrogen and oxygen atoms in total. The van der Waals surface area contributed by atoms with Crippen LogP contribution in [0, 0.1) is 0 Å². The van der Waals surface area contributed by atoms with Crippen LogP contribution in [-0.2, 0) is 0 Å². The number of nitrogens with zero attached hydrogens (tertiary/aromatic N) is 3. The van der Waals surface area contributed by atoms with E-state index in [0.29, 0.717) is 17.5 Å². The van der Waals surface area contributed by atoms with Gasteiger partial charge in [0, 0.05) is 11.4 Å². The monoisotopic (exact) mass is 271 g/mol. The van der Waals surface area contributed by atoms with Crippen molar-refractivity contribution in [3.05, 3.63) is 0 Å². The summed E-state index contributed by atoms with van der Waals surface area (Å²) < 4.78 is 0. The van der Waals surface area contributed by atoms with Crippen molar-refractivity contribution in [3.63, 3.8) is 0 Å². The molecule has 4 heteroatoms. The van der Waals surface area contributed by atoms with Gasteiger partial charge in [-0.2, -0.15) is 10.2 Å². The van der Waals surface area contributed by atoms with E-state index in [9.17, 15) is 0 Å². The molecule has 0 heterocycles. The van der Waals surface area contributed by atoms with E-state index < -0.39 is 0 Å². The lowest BCUT2D eigenvalue weighted by molar-refractivity contribution is 0.214. The molecular formula is C14H26ClN3. The average molecular weight is 272 g/mol.